The smallest absolute Gasteiger partial charge is 0.318 e. The van der Waals surface area contributed by atoms with Crippen LogP contribution in [0.5, 0.6) is 5.75 Å². The van der Waals surface area contributed by atoms with Crippen molar-refractivity contribution in [1.29, 1.82) is 0 Å². The third-order valence-corrected chi connectivity index (χ3v) is 5.71. The highest BCUT2D eigenvalue weighted by atomic mass is 32.2. The van der Waals surface area contributed by atoms with Crippen LogP contribution in [0.15, 0.2) is 58.1 Å². The summed E-state index contributed by atoms with van der Waals surface area (Å²) >= 11 is 0. The summed E-state index contributed by atoms with van der Waals surface area (Å²) in [6.07, 6.45) is 2.88. The van der Waals surface area contributed by atoms with Gasteiger partial charge in [-0.3, -0.25) is 4.90 Å². The molecular weight excluding hydrogens is 366 g/mol. The van der Waals surface area contributed by atoms with Crippen molar-refractivity contribution in [2.24, 2.45) is 10.1 Å². The Bertz CT molecular complexity index is 1140. The molecule has 0 bridgehead atoms. The van der Waals surface area contributed by atoms with E-state index in [1.807, 2.05) is 0 Å². The summed E-state index contributed by atoms with van der Waals surface area (Å²) in [5.74, 6) is 0.888. The number of primary amides is 1. The van der Waals surface area contributed by atoms with Crippen LogP contribution in [0.3, 0.4) is 0 Å². The van der Waals surface area contributed by atoms with Gasteiger partial charge in [-0.2, -0.15) is 4.36 Å². The third-order valence-electron chi connectivity index (χ3n) is 4.06. The van der Waals surface area contributed by atoms with Crippen LogP contribution in [0.4, 0.5) is 16.3 Å². The lowest BCUT2D eigenvalue weighted by atomic mass is 10.2. The van der Waals surface area contributed by atoms with Gasteiger partial charge in [0.15, 0.2) is 5.82 Å². The zero-order chi connectivity index (χ0) is 19.6. The van der Waals surface area contributed by atoms with Crippen molar-refractivity contribution in [1.82, 2.24) is 9.97 Å². The highest BCUT2D eigenvalue weighted by Crippen LogP contribution is 2.30. The van der Waals surface area contributed by atoms with Crippen molar-refractivity contribution < 1.29 is 13.7 Å². The number of urea groups is 1. The van der Waals surface area contributed by atoms with Gasteiger partial charge in [-0.1, -0.05) is 12.1 Å². The molecule has 3 aromatic rings. The van der Waals surface area contributed by atoms with Gasteiger partial charge < -0.3 is 10.5 Å². The molecule has 1 atom stereocenters. The average molecular weight is 385 g/mol. The molecule has 0 aliphatic rings. The number of methoxy groups -OCH3 is 1. The number of amides is 2. The number of hydrogen-bond donors (Lipinski definition) is 1. The molecule has 140 valence electrons. The predicted molar refractivity (Wildman–Crippen MR) is 105 cm³/mol. The molecule has 0 radical (unpaired) electrons. The molecule has 2 N–H and O–H groups in total. The van der Waals surface area contributed by atoms with E-state index >= 15 is 0 Å². The van der Waals surface area contributed by atoms with Crippen molar-refractivity contribution >= 4 is 38.2 Å². The lowest BCUT2D eigenvalue weighted by molar-refractivity contribution is 0.255. The van der Waals surface area contributed by atoms with E-state index in [1.54, 1.807) is 56.6 Å². The Morgan fingerprint density at radius 3 is 2.67 bits per heavy atom. The van der Waals surface area contributed by atoms with Crippen LogP contribution in [0, 0.1) is 0 Å². The van der Waals surface area contributed by atoms with Crippen LogP contribution >= 0.6 is 0 Å². The first-order valence-electron chi connectivity index (χ1n) is 7.96. The first kappa shape index (κ1) is 18.6. The van der Waals surface area contributed by atoms with Crippen molar-refractivity contribution in [3.05, 3.63) is 48.8 Å². The van der Waals surface area contributed by atoms with Crippen LogP contribution in [0.2, 0.25) is 0 Å². The lowest BCUT2D eigenvalue weighted by Crippen LogP contribution is -2.31. The number of hydrogen-bond acceptors (Lipinski definition) is 6. The number of carbonyl (C=O) groups excluding carboxylic acids is 1. The Kier molecular flexibility index (Phi) is 4.95. The molecule has 0 saturated heterocycles. The second kappa shape index (κ2) is 7.20. The van der Waals surface area contributed by atoms with E-state index in [0.29, 0.717) is 33.1 Å². The number of nitrogens with zero attached hydrogens (tertiary/aromatic N) is 4. The van der Waals surface area contributed by atoms with Crippen LogP contribution in [0.1, 0.15) is 0 Å². The van der Waals surface area contributed by atoms with Crippen LogP contribution in [-0.2, 0) is 9.73 Å². The summed E-state index contributed by atoms with van der Waals surface area (Å²) in [5.41, 5.74) is 6.42. The molecule has 27 heavy (non-hydrogen) atoms. The van der Waals surface area contributed by atoms with Gasteiger partial charge in [0.2, 0.25) is 0 Å². The quantitative estimate of drug-likeness (QED) is 0.742. The van der Waals surface area contributed by atoms with Gasteiger partial charge in [-0.15, -0.1) is 0 Å². The Morgan fingerprint density at radius 2 is 1.96 bits per heavy atom. The summed E-state index contributed by atoms with van der Waals surface area (Å²) in [4.78, 5) is 21.5. The summed E-state index contributed by atoms with van der Waals surface area (Å²) in [6, 6.07) is 11.5. The molecule has 2 aromatic carbocycles. The maximum atomic E-state index is 13.3. The molecule has 0 saturated carbocycles. The van der Waals surface area contributed by atoms with Gasteiger partial charge in [0.05, 0.1) is 16.8 Å². The minimum absolute atomic E-state index is 0.306. The maximum absolute atomic E-state index is 13.3. The molecule has 3 rings (SSSR count). The molecule has 8 nitrogen and oxygen atoms in total. The van der Waals surface area contributed by atoms with Crippen LogP contribution < -0.4 is 15.4 Å². The first-order chi connectivity index (χ1) is 12.8. The van der Waals surface area contributed by atoms with Crippen LogP contribution in [-0.4, -0.2) is 40.6 Å². The Balaban J connectivity index is 2.15. The maximum Gasteiger partial charge on any atom is 0.318 e. The summed E-state index contributed by atoms with van der Waals surface area (Å²) in [7, 11) is 0.254. The molecule has 9 heteroatoms. The molecule has 1 unspecified atom stereocenters. The van der Waals surface area contributed by atoms with Gasteiger partial charge in [-0.05, 0) is 30.3 Å². The van der Waals surface area contributed by atoms with E-state index in [4.69, 9.17) is 10.5 Å². The molecular formula is C18H19N5O3S. The zero-order valence-electron chi connectivity index (χ0n) is 15.1. The summed E-state index contributed by atoms with van der Waals surface area (Å²) in [5, 5.41) is 0.636. The second-order valence-corrected chi connectivity index (χ2v) is 8.10. The van der Waals surface area contributed by atoms with Crippen LogP contribution in [0.25, 0.3) is 10.9 Å². The van der Waals surface area contributed by atoms with E-state index in [9.17, 15) is 9.00 Å². The number of benzene rings is 2. The summed E-state index contributed by atoms with van der Waals surface area (Å²) < 4.78 is 23.0. The third kappa shape index (κ3) is 3.68. The molecule has 0 spiro atoms. The SMILES string of the molecule is COc1cccc2c(N=S(C)(=O)c3cccc(N(C)C(N)=O)c3)ncnc12. The number of nitrogens with two attached hydrogens (primary N) is 1. The molecule has 2 amide bonds. The fourth-order valence-electron chi connectivity index (χ4n) is 2.56. The van der Waals surface area contributed by atoms with Crippen molar-refractivity contribution in [2.75, 3.05) is 25.3 Å². The van der Waals surface area contributed by atoms with Gasteiger partial charge in [0.1, 0.15) is 17.6 Å². The van der Waals surface area contributed by atoms with Crippen molar-refractivity contribution in [3.63, 3.8) is 0 Å². The minimum Gasteiger partial charge on any atom is -0.494 e. The molecule has 0 fully saturated rings. The van der Waals surface area contributed by atoms with E-state index in [0.717, 1.165) is 0 Å². The lowest BCUT2D eigenvalue weighted by Gasteiger charge is -2.15. The van der Waals surface area contributed by atoms with Gasteiger partial charge in [0.25, 0.3) is 0 Å². The van der Waals surface area contributed by atoms with Crippen molar-refractivity contribution in [2.45, 2.75) is 4.90 Å². The minimum atomic E-state index is -2.84. The fourth-order valence-corrected chi connectivity index (χ4v) is 3.81. The van der Waals surface area contributed by atoms with E-state index in [1.165, 1.54) is 17.5 Å². The fraction of sp³-hybridized carbons (Fsp3) is 0.167. The number of anilines is 1. The first-order valence-corrected chi connectivity index (χ1v) is 9.89. The number of aromatic nitrogens is 2. The van der Waals surface area contributed by atoms with Gasteiger partial charge in [0, 0.05) is 29.3 Å². The number of fused-ring (bicyclic) bond motifs is 1. The monoisotopic (exact) mass is 385 g/mol. The Morgan fingerprint density at radius 1 is 1.22 bits per heavy atom. The molecule has 1 heterocycles. The standard InChI is InChI=1S/C18H19N5O3S/c1-23(18(19)24)12-6-4-7-13(10-12)27(3,25)22-17-14-8-5-9-15(26-2)16(14)20-11-21-17/h4-11H,1-3H3,(H2,19,24). The predicted octanol–water partition coefficient (Wildman–Crippen LogP) is 2.94. The number of ether oxygens (including phenoxy) is 1. The van der Waals surface area contributed by atoms with Gasteiger partial charge >= 0.3 is 6.03 Å². The normalized spacial score (nSPS) is 13.0. The summed E-state index contributed by atoms with van der Waals surface area (Å²) in [6.45, 7) is 0. The number of rotatable bonds is 4. The number of carbonyl (C=O) groups is 1. The Labute approximate surface area is 157 Å². The average Bonchev–Trinajstić information content (AvgIpc) is 2.67. The topological polar surface area (TPSA) is 111 Å². The Hall–Kier alpha value is -3.20. The van der Waals surface area contributed by atoms with E-state index in [-0.39, 0.29) is 0 Å². The second-order valence-electron chi connectivity index (χ2n) is 5.84. The number of para-hydroxylation sites is 1. The van der Waals surface area contributed by atoms with E-state index < -0.39 is 15.8 Å². The molecule has 0 aliphatic heterocycles. The van der Waals surface area contributed by atoms with E-state index in [2.05, 4.69) is 14.3 Å². The van der Waals surface area contributed by atoms with Crippen molar-refractivity contribution in [3.8, 4) is 5.75 Å². The molecule has 0 aliphatic carbocycles. The van der Waals surface area contributed by atoms with Gasteiger partial charge in [-0.25, -0.2) is 19.0 Å². The highest BCUT2D eigenvalue weighted by Gasteiger charge is 2.14. The molecule has 1 aromatic heterocycles. The highest BCUT2D eigenvalue weighted by molar-refractivity contribution is 7.93. The largest absolute Gasteiger partial charge is 0.494 e. The zero-order valence-corrected chi connectivity index (χ0v) is 15.9.